The molecule has 2 heterocycles. The molecule has 2 aromatic rings. The Bertz CT molecular complexity index is 911. The van der Waals surface area contributed by atoms with Crippen molar-refractivity contribution in [3.63, 3.8) is 0 Å². The number of carbonyl (C=O) groups is 1. The lowest BCUT2D eigenvalue weighted by molar-refractivity contribution is -0.112. The molecule has 0 fully saturated rings. The van der Waals surface area contributed by atoms with Crippen LogP contribution in [-0.4, -0.2) is 15.6 Å². The first kappa shape index (κ1) is 13.3. The van der Waals surface area contributed by atoms with Gasteiger partial charge < -0.3 is 5.11 Å². The van der Waals surface area contributed by atoms with E-state index in [1.54, 1.807) is 25.1 Å². The third-order valence-corrected chi connectivity index (χ3v) is 4.55. The molecule has 1 N–H and O–H groups in total. The minimum Gasteiger partial charge on any atom is -0.493 e. The quantitative estimate of drug-likeness (QED) is 0.867. The maximum atomic E-state index is 12.1. The van der Waals surface area contributed by atoms with Crippen LogP contribution in [0.4, 0.5) is 0 Å². The van der Waals surface area contributed by atoms with Gasteiger partial charge in [-0.05, 0) is 25.1 Å². The highest BCUT2D eigenvalue weighted by atomic mass is 79.9. The van der Waals surface area contributed by atoms with Gasteiger partial charge in [-0.25, -0.2) is 4.99 Å². The fourth-order valence-electron chi connectivity index (χ4n) is 2.14. The summed E-state index contributed by atoms with van der Waals surface area (Å²) in [6.45, 7) is 2.11. The van der Waals surface area contributed by atoms with Crippen molar-refractivity contribution in [3.05, 3.63) is 47.8 Å². The summed E-state index contributed by atoms with van der Waals surface area (Å²) >= 11 is 4.20. The molecule has 1 aliphatic heterocycles. The Morgan fingerprint density at radius 2 is 2.15 bits per heavy atom. The Kier molecular flexibility index (Phi) is 3.10. The minimum absolute atomic E-state index is 0.172. The lowest BCUT2D eigenvalue weighted by Crippen LogP contribution is -2.22. The van der Waals surface area contributed by atoms with Crippen LogP contribution >= 0.6 is 27.3 Å². The molecule has 5 nitrogen and oxygen atoms in total. The number of rotatable bonds is 2. The van der Waals surface area contributed by atoms with Gasteiger partial charge in [0.1, 0.15) is 4.88 Å². The molecule has 1 aromatic heterocycles. The molecule has 7 heteroatoms. The summed E-state index contributed by atoms with van der Waals surface area (Å²) < 4.78 is 2.04. The van der Waals surface area contributed by atoms with Crippen molar-refractivity contribution in [2.24, 2.45) is 4.99 Å². The van der Waals surface area contributed by atoms with Gasteiger partial charge in [-0.2, -0.15) is 0 Å². The fraction of sp³-hybridized carbons (Fsp3) is 0.154. The van der Waals surface area contributed by atoms with Crippen molar-refractivity contribution in [2.45, 2.75) is 13.5 Å². The maximum absolute atomic E-state index is 12.1. The second-order valence-corrected chi connectivity index (χ2v) is 6.10. The summed E-state index contributed by atoms with van der Waals surface area (Å²) in [7, 11) is 0. The van der Waals surface area contributed by atoms with Crippen LogP contribution in [0.15, 0.2) is 32.5 Å². The number of fused-ring (bicyclic) bond motifs is 1. The Hall–Kier alpha value is -1.73. The van der Waals surface area contributed by atoms with Crippen LogP contribution in [0.3, 0.4) is 0 Å². The number of hydrogen-bond donors (Lipinski definition) is 1. The van der Waals surface area contributed by atoms with Crippen LogP contribution < -0.4 is 15.4 Å². The van der Waals surface area contributed by atoms with Gasteiger partial charge in [0.15, 0.2) is 0 Å². The maximum Gasteiger partial charge on any atom is 0.310 e. The molecule has 1 amide bonds. The number of thiazole rings is 1. The second kappa shape index (κ2) is 4.68. The molecular formula is C13H9BrN2O3S. The Labute approximate surface area is 125 Å². The number of amides is 1. The van der Waals surface area contributed by atoms with Crippen molar-refractivity contribution in [1.29, 1.82) is 0 Å². The van der Waals surface area contributed by atoms with E-state index >= 15 is 0 Å². The largest absolute Gasteiger partial charge is 0.493 e. The predicted molar refractivity (Wildman–Crippen MR) is 78.4 cm³/mol. The molecule has 0 unspecified atom stereocenters. The van der Waals surface area contributed by atoms with Crippen LogP contribution in [0, 0.1) is 0 Å². The molecule has 0 saturated heterocycles. The van der Waals surface area contributed by atoms with Gasteiger partial charge in [-0.3, -0.25) is 14.2 Å². The SMILES string of the molecule is CCn1c(O)c(C2=c3cc(Br)ccc3=NC2=O)sc1=O. The normalized spacial score (nSPS) is 13.5. The van der Waals surface area contributed by atoms with Gasteiger partial charge in [0.05, 0.1) is 10.9 Å². The molecule has 0 aliphatic carbocycles. The van der Waals surface area contributed by atoms with E-state index in [0.29, 0.717) is 17.1 Å². The number of carbonyl (C=O) groups excluding carboxylic acids is 1. The molecule has 1 aromatic carbocycles. The molecule has 0 saturated carbocycles. The van der Waals surface area contributed by atoms with E-state index in [1.165, 1.54) is 4.57 Å². The van der Waals surface area contributed by atoms with Crippen molar-refractivity contribution >= 4 is 38.7 Å². The molecule has 0 atom stereocenters. The lowest BCUT2D eigenvalue weighted by atomic mass is 10.1. The van der Waals surface area contributed by atoms with Crippen molar-refractivity contribution in [1.82, 2.24) is 4.57 Å². The molecule has 1 aliphatic rings. The zero-order valence-electron chi connectivity index (χ0n) is 10.4. The van der Waals surface area contributed by atoms with Gasteiger partial charge in [0.25, 0.3) is 5.91 Å². The van der Waals surface area contributed by atoms with Gasteiger partial charge >= 0.3 is 4.87 Å². The van der Waals surface area contributed by atoms with Gasteiger partial charge in [-0.15, -0.1) is 0 Å². The number of aromatic hydroxyl groups is 1. The topological polar surface area (TPSA) is 71.7 Å². The van der Waals surface area contributed by atoms with E-state index < -0.39 is 5.91 Å². The molecule has 0 spiro atoms. The van der Waals surface area contributed by atoms with Gasteiger partial charge in [0, 0.05) is 16.2 Å². The number of hydrogen-bond acceptors (Lipinski definition) is 4. The molecular weight excluding hydrogens is 344 g/mol. The van der Waals surface area contributed by atoms with E-state index in [2.05, 4.69) is 20.9 Å². The van der Waals surface area contributed by atoms with E-state index in [-0.39, 0.29) is 21.2 Å². The van der Waals surface area contributed by atoms with Crippen molar-refractivity contribution in [2.75, 3.05) is 0 Å². The highest BCUT2D eigenvalue weighted by Gasteiger charge is 2.25. The molecule has 0 bridgehead atoms. The summed E-state index contributed by atoms with van der Waals surface area (Å²) in [4.78, 5) is 27.8. The van der Waals surface area contributed by atoms with E-state index in [1.807, 2.05) is 0 Å². The fourth-order valence-corrected chi connectivity index (χ4v) is 3.51. The summed E-state index contributed by atoms with van der Waals surface area (Å²) in [6.07, 6.45) is 0. The van der Waals surface area contributed by atoms with Crippen LogP contribution in [0.2, 0.25) is 0 Å². The van der Waals surface area contributed by atoms with Gasteiger partial charge in [-0.1, -0.05) is 27.3 Å². The summed E-state index contributed by atoms with van der Waals surface area (Å²) in [5, 5.41) is 11.3. The summed E-state index contributed by atoms with van der Waals surface area (Å²) in [6, 6.07) is 5.28. The third kappa shape index (κ3) is 1.85. The number of aromatic nitrogens is 1. The first-order valence-corrected chi connectivity index (χ1v) is 7.49. The van der Waals surface area contributed by atoms with E-state index in [0.717, 1.165) is 15.8 Å². The van der Waals surface area contributed by atoms with Crippen molar-refractivity contribution < 1.29 is 9.90 Å². The zero-order chi connectivity index (χ0) is 14.4. The minimum atomic E-state index is -0.432. The Morgan fingerprint density at radius 1 is 1.40 bits per heavy atom. The van der Waals surface area contributed by atoms with Crippen LogP contribution in [0.1, 0.15) is 11.8 Å². The summed E-state index contributed by atoms with van der Waals surface area (Å²) in [5.74, 6) is -0.605. The molecule has 20 heavy (non-hydrogen) atoms. The number of nitrogens with zero attached hydrogens (tertiary/aromatic N) is 2. The standard InChI is InChI=1S/C13H9BrN2O3S/c1-2-16-12(18)10(20-13(16)19)9-7-5-6(14)3-4-8(7)15-11(9)17/h3-5,18H,2H2,1H3. The second-order valence-electron chi connectivity index (χ2n) is 4.22. The summed E-state index contributed by atoms with van der Waals surface area (Å²) in [5.41, 5.74) is 0.285. The zero-order valence-corrected chi connectivity index (χ0v) is 12.8. The first-order valence-electron chi connectivity index (χ1n) is 5.88. The third-order valence-electron chi connectivity index (χ3n) is 3.08. The predicted octanol–water partition coefficient (Wildman–Crippen LogP) is 0.757. The van der Waals surface area contributed by atoms with E-state index in [9.17, 15) is 14.7 Å². The van der Waals surface area contributed by atoms with Gasteiger partial charge in [0.2, 0.25) is 5.88 Å². The molecule has 3 rings (SSSR count). The highest BCUT2D eigenvalue weighted by molar-refractivity contribution is 9.10. The van der Waals surface area contributed by atoms with Crippen LogP contribution in [0.25, 0.3) is 5.57 Å². The molecule has 0 radical (unpaired) electrons. The van der Waals surface area contributed by atoms with Crippen LogP contribution in [-0.2, 0) is 11.3 Å². The van der Waals surface area contributed by atoms with E-state index in [4.69, 9.17) is 0 Å². The number of benzene rings is 1. The Balaban J connectivity index is 2.41. The monoisotopic (exact) mass is 352 g/mol. The Morgan fingerprint density at radius 3 is 2.80 bits per heavy atom. The highest BCUT2D eigenvalue weighted by Crippen LogP contribution is 2.28. The molecule has 102 valence electrons. The first-order chi connectivity index (χ1) is 9.52. The van der Waals surface area contributed by atoms with Crippen molar-refractivity contribution in [3.8, 4) is 5.88 Å². The lowest BCUT2D eigenvalue weighted by Gasteiger charge is -2.00. The van der Waals surface area contributed by atoms with Crippen LogP contribution in [0.5, 0.6) is 5.88 Å². The average molecular weight is 353 g/mol. The average Bonchev–Trinajstić information content (AvgIpc) is 2.85. The number of halogens is 1. The smallest absolute Gasteiger partial charge is 0.310 e.